The Labute approximate surface area is 178 Å². The van der Waals surface area contributed by atoms with Crippen LogP contribution in [0.4, 0.5) is 16.6 Å². The van der Waals surface area contributed by atoms with E-state index in [0.717, 1.165) is 5.56 Å². The minimum absolute atomic E-state index is 0.228. The molecule has 1 amide bonds. The zero-order chi connectivity index (χ0) is 21.3. The van der Waals surface area contributed by atoms with E-state index < -0.39 is 6.09 Å². The van der Waals surface area contributed by atoms with Gasteiger partial charge in [0, 0.05) is 28.9 Å². The van der Waals surface area contributed by atoms with Gasteiger partial charge in [-0.2, -0.15) is 4.98 Å². The van der Waals surface area contributed by atoms with Crippen molar-refractivity contribution in [1.82, 2.24) is 15.1 Å². The number of aromatic nitrogens is 3. The van der Waals surface area contributed by atoms with Crippen LogP contribution in [0.5, 0.6) is 0 Å². The highest BCUT2D eigenvalue weighted by molar-refractivity contribution is 6.30. The number of hydrogen-bond acceptors (Lipinski definition) is 8. The summed E-state index contributed by atoms with van der Waals surface area (Å²) in [7, 11) is 0. The normalized spacial score (nSPS) is 18.2. The third-order valence-corrected chi connectivity index (χ3v) is 5.10. The second-order valence-corrected chi connectivity index (χ2v) is 7.54. The lowest BCUT2D eigenvalue weighted by Crippen LogP contribution is -2.45. The predicted octanol–water partition coefficient (Wildman–Crippen LogP) is 3.63. The first-order valence-electron chi connectivity index (χ1n) is 9.46. The van der Waals surface area contributed by atoms with Crippen LogP contribution >= 0.6 is 11.6 Å². The van der Waals surface area contributed by atoms with E-state index in [1.54, 1.807) is 24.4 Å². The summed E-state index contributed by atoms with van der Waals surface area (Å²) < 4.78 is 10.6. The van der Waals surface area contributed by atoms with Gasteiger partial charge in [0.15, 0.2) is 5.76 Å². The number of nitrogens with zero attached hydrogens (tertiary/aromatic N) is 4. The van der Waals surface area contributed by atoms with Crippen LogP contribution in [0.15, 0.2) is 47.1 Å². The Balaban J connectivity index is 1.50. The van der Waals surface area contributed by atoms with Crippen LogP contribution in [0.25, 0.3) is 11.3 Å². The number of rotatable bonds is 6. The summed E-state index contributed by atoms with van der Waals surface area (Å²) in [4.78, 5) is 22.3. The molecular weight excluding hydrogens is 408 g/mol. The van der Waals surface area contributed by atoms with E-state index in [-0.39, 0.29) is 24.7 Å². The first-order valence-corrected chi connectivity index (χ1v) is 9.84. The van der Waals surface area contributed by atoms with E-state index in [0.29, 0.717) is 28.2 Å². The number of ether oxygens (including phenoxy) is 1. The average Bonchev–Trinajstić information content (AvgIpc) is 3.36. The zero-order valence-electron chi connectivity index (χ0n) is 16.4. The highest BCUT2D eigenvalue weighted by Crippen LogP contribution is 2.27. The quantitative estimate of drug-likeness (QED) is 0.610. The summed E-state index contributed by atoms with van der Waals surface area (Å²) in [5, 5.41) is 7.96. The number of benzene rings is 1. The molecule has 3 heterocycles. The Morgan fingerprint density at radius 3 is 2.77 bits per heavy atom. The van der Waals surface area contributed by atoms with Crippen LogP contribution in [0.2, 0.25) is 5.02 Å². The third-order valence-electron chi connectivity index (χ3n) is 4.85. The van der Waals surface area contributed by atoms with Gasteiger partial charge in [-0.05, 0) is 44.2 Å². The third kappa shape index (κ3) is 4.07. The predicted molar refractivity (Wildman–Crippen MR) is 112 cm³/mol. The summed E-state index contributed by atoms with van der Waals surface area (Å²) in [6.07, 6.45) is 1.10. The van der Waals surface area contributed by atoms with Gasteiger partial charge < -0.3 is 20.3 Å². The highest BCUT2D eigenvalue weighted by atomic mass is 35.5. The molecule has 3 atom stereocenters. The van der Waals surface area contributed by atoms with Crippen LogP contribution < -0.4 is 16.0 Å². The monoisotopic (exact) mass is 428 g/mol. The molecule has 1 saturated heterocycles. The number of hydrogen-bond donors (Lipinski definition) is 2. The van der Waals surface area contributed by atoms with E-state index in [2.05, 4.69) is 20.4 Å². The zero-order valence-corrected chi connectivity index (χ0v) is 17.2. The van der Waals surface area contributed by atoms with Crippen LogP contribution in [-0.2, 0) is 4.74 Å². The Bertz CT molecular complexity index is 1040. The maximum absolute atomic E-state index is 12.1. The molecule has 4 rings (SSSR count). The molecular formula is C20H21ClN6O3. The molecule has 0 saturated carbocycles. The van der Waals surface area contributed by atoms with Gasteiger partial charge >= 0.3 is 6.09 Å². The number of cyclic esters (lactones) is 1. The van der Waals surface area contributed by atoms with Crippen LogP contribution in [0, 0.1) is 0 Å². The van der Waals surface area contributed by atoms with Crippen LogP contribution in [0.1, 0.15) is 25.6 Å². The number of amides is 1. The molecule has 0 bridgehead atoms. The molecule has 1 aromatic carbocycles. The van der Waals surface area contributed by atoms with Crippen molar-refractivity contribution in [3.63, 3.8) is 0 Å². The SMILES string of the molecule is C[C@H](Nc1nccc(N2C(=O)OC[C@@H]2[C@@H](C)N)n1)c1cc(-c2ccc(Cl)cc2)on1. The van der Waals surface area contributed by atoms with Crippen LogP contribution in [-0.4, -0.2) is 39.9 Å². The molecule has 3 aromatic rings. The minimum atomic E-state index is -0.473. The van der Waals surface area contributed by atoms with Gasteiger partial charge in [0.2, 0.25) is 5.95 Å². The largest absolute Gasteiger partial charge is 0.447 e. The van der Waals surface area contributed by atoms with Crippen molar-refractivity contribution in [3.05, 3.63) is 53.3 Å². The number of nitrogens with two attached hydrogens (primary N) is 1. The lowest BCUT2D eigenvalue weighted by atomic mass is 10.1. The van der Waals surface area contributed by atoms with Gasteiger partial charge in [0.25, 0.3) is 0 Å². The van der Waals surface area contributed by atoms with E-state index in [4.69, 9.17) is 26.6 Å². The summed E-state index contributed by atoms with van der Waals surface area (Å²) in [5.74, 6) is 1.40. The van der Waals surface area contributed by atoms with Gasteiger partial charge in [-0.3, -0.25) is 4.90 Å². The summed E-state index contributed by atoms with van der Waals surface area (Å²) in [5.41, 5.74) is 7.54. The van der Waals surface area contributed by atoms with Gasteiger partial charge in [-0.1, -0.05) is 16.8 Å². The Morgan fingerprint density at radius 1 is 1.27 bits per heavy atom. The molecule has 156 valence electrons. The van der Waals surface area contributed by atoms with Crippen molar-refractivity contribution in [3.8, 4) is 11.3 Å². The second-order valence-electron chi connectivity index (χ2n) is 7.10. The molecule has 1 aliphatic rings. The molecule has 2 aromatic heterocycles. The molecule has 30 heavy (non-hydrogen) atoms. The maximum atomic E-state index is 12.1. The molecule has 0 aliphatic carbocycles. The average molecular weight is 429 g/mol. The Morgan fingerprint density at radius 2 is 2.03 bits per heavy atom. The smallest absolute Gasteiger partial charge is 0.416 e. The van der Waals surface area contributed by atoms with Crippen molar-refractivity contribution in [2.45, 2.75) is 32.0 Å². The van der Waals surface area contributed by atoms with Gasteiger partial charge in [-0.15, -0.1) is 0 Å². The van der Waals surface area contributed by atoms with Gasteiger partial charge in [0.1, 0.15) is 18.1 Å². The summed E-state index contributed by atoms with van der Waals surface area (Å²) >= 11 is 5.93. The fourth-order valence-electron chi connectivity index (χ4n) is 3.15. The van der Waals surface area contributed by atoms with Crippen molar-refractivity contribution in [1.29, 1.82) is 0 Å². The Kier molecular flexibility index (Phi) is 5.56. The molecule has 0 spiro atoms. The number of carbonyl (C=O) groups excluding carboxylic acids is 1. The number of nitrogens with one attached hydrogen (secondary N) is 1. The fourth-order valence-corrected chi connectivity index (χ4v) is 3.28. The van der Waals surface area contributed by atoms with Crippen LogP contribution in [0.3, 0.4) is 0 Å². The summed E-state index contributed by atoms with van der Waals surface area (Å²) in [6.45, 7) is 3.96. The van der Waals surface area contributed by atoms with Crippen molar-refractivity contribution < 1.29 is 14.1 Å². The topological polar surface area (TPSA) is 119 Å². The van der Waals surface area contributed by atoms with E-state index in [9.17, 15) is 4.79 Å². The van der Waals surface area contributed by atoms with Crippen molar-refractivity contribution in [2.24, 2.45) is 5.73 Å². The Hall–Kier alpha value is -3.17. The fraction of sp³-hybridized carbons (Fsp3) is 0.300. The molecule has 0 unspecified atom stereocenters. The van der Waals surface area contributed by atoms with E-state index in [1.165, 1.54) is 4.90 Å². The highest BCUT2D eigenvalue weighted by Gasteiger charge is 2.37. The molecule has 1 aliphatic heterocycles. The van der Waals surface area contributed by atoms with E-state index in [1.807, 2.05) is 32.0 Å². The number of halogens is 1. The molecule has 3 N–H and O–H groups in total. The molecule has 1 fully saturated rings. The molecule has 9 nitrogen and oxygen atoms in total. The van der Waals surface area contributed by atoms with Crippen molar-refractivity contribution >= 4 is 29.5 Å². The maximum Gasteiger partial charge on any atom is 0.416 e. The lowest BCUT2D eigenvalue weighted by Gasteiger charge is -2.23. The number of anilines is 2. The number of carbonyl (C=O) groups is 1. The molecule has 0 radical (unpaired) electrons. The van der Waals surface area contributed by atoms with Gasteiger partial charge in [-0.25, -0.2) is 9.78 Å². The first-order chi connectivity index (χ1) is 14.4. The lowest BCUT2D eigenvalue weighted by molar-refractivity contribution is 0.178. The molecule has 10 heteroatoms. The first kappa shape index (κ1) is 20.1. The van der Waals surface area contributed by atoms with Gasteiger partial charge in [0.05, 0.1) is 12.1 Å². The minimum Gasteiger partial charge on any atom is -0.447 e. The summed E-state index contributed by atoms with van der Waals surface area (Å²) in [6, 6.07) is 10.0. The second kappa shape index (κ2) is 8.29. The van der Waals surface area contributed by atoms with E-state index >= 15 is 0 Å². The standard InChI is InChI=1S/C20H21ClN6O3/c1-11(22)16-10-29-20(28)27(16)18-7-8-23-19(25-18)24-12(2)15-9-17(30-26-15)13-3-5-14(21)6-4-13/h3-9,11-12,16H,10,22H2,1-2H3,(H,23,24,25)/t11-,12+,16-/m1/s1. The van der Waals surface area contributed by atoms with Crippen molar-refractivity contribution in [2.75, 3.05) is 16.8 Å².